The van der Waals surface area contributed by atoms with Gasteiger partial charge in [-0.05, 0) is 20.8 Å². The third-order valence-corrected chi connectivity index (χ3v) is 3.15. The minimum atomic E-state index is -0.867. The van der Waals surface area contributed by atoms with Crippen molar-refractivity contribution in [2.24, 2.45) is 0 Å². The van der Waals surface area contributed by atoms with E-state index in [1.54, 1.807) is 0 Å². The van der Waals surface area contributed by atoms with E-state index >= 15 is 0 Å². The van der Waals surface area contributed by atoms with Crippen LogP contribution < -0.4 is 4.90 Å². The highest BCUT2D eigenvalue weighted by atomic mass is 16.3. The standard InChI is InChI=1S/C12H16N4O/c1-8-9(2)14-10(3)15-11(8)16-6-12(17,7-16)4-5-13/h17H,4,6-7H2,1-3H3. The Kier molecular flexibility index (Phi) is 2.76. The lowest BCUT2D eigenvalue weighted by molar-refractivity contribution is 0.0161. The lowest BCUT2D eigenvalue weighted by Crippen LogP contribution is -2.62. The minimum Gasteiger partial charge on any atom is -0.385 e. The number of anilines is 1. The van der Waals surface area contributed by atoms with Crippen molar-refractivity contribution in [3.63, 3.8) is 0 Å². The number of aromatic nitrogens is 2. The van der Waals surface area contributed by atoms with Crippen LogP contribution in [0.4, 0.5) is 5.82 Å². The van der Waals surface area contributed by atoms with Gasteiger partial charge in [0.2, 0.25) is 0 Å². The Morgan fingerprint density at radius 2 is 2.00 bits per heavy atom. The number of hydrogen-bond acceptors (Lipinski definition) is 5. The molecule has 1 aliphatic heterocycles. The van der Waals surface area contributed by atoms with Crippen LogP contribution in [0, 0.1) is 32.1 Å². The van der Waals surface area contributed by atoms with Gasteiger partial charge < -0.3 is 10.0 Å². The molecule has 1 aromatic rings. The van der Waals surface area contributed by atoms with E-state index in [1.807, 2.05) is 31.7 Å². The van der Waals surface area contributed by atoms with Gasteiger partial charge in [-0.1, -0.05) is 0 Å². The Balaban J connectivity index is 2.20. The molecule has 0 aliphatic carbocycles. The van der Waals surface area contributed by atoms with Crippen molar-refractivity contribution < 1.29 is 5.11 Å². The molecule has 1 N–H and O–H groups in total. The van der Waals surface area contributed by atoms with Crippen molar-refractivity contribution in [2.45, 2.75) is 32.8 Å². The van der Waals surface area contributed by atoms with Crippen molar-refractivity contribution in [3.05, 3.63) is 17.1 Å². The fraction of sp³-hybridized carbons (Fsp3) is 0.583. The quantitative estimate of drug-likeness (QED) is 0.819. The van der Waals surface area contributed by atoms with Gasteiger partial charge in [-0.2, -0.15) is 5.26 Å². The molecule has 0 saturated carbocycles. The maximum absolute atomic E-state index is 9.96. The first-order valence-corrected chi connectivity index (χ1v) is 5.61. The predicted molar refractivity (Wildman–Crippen MR) is 63.6 cm³/mol. The third-order valence-electron chi connectivity index (χ3n) is 3.15. The Morgan fingerprint density at radius 3 is 2.59 bits per heavy atom. The Bertz CT molecular complexity index is 486. The van der Waals surface area contributed by atoms with Gasteiger partial charge in [0.05, 0.1) is 25.6 Å². The summed E-state index contributed by atoms with van der Waals surface area (Å²) in [5.74, 6) is 1.61. The summed E-state index contributed by atoms with van der Waals surface area (Å²) >= 11 is 0. The van der Waals surface area contributed by atoms with E-state index in [0.717, 1.165) is 22.9 Å². The molecule has 0 aromatic carbocycles. The monoisotopic (exact) mass is 232 g/mol. The van der Waals surface area contributed by atoms with E-state index in [0.29, 0.717) is 13.1 Å². The van der Waals surface area contributed by atoms with Gasteiger partial charge in [0.25, 0.3) is 0 Å². The Morgan fingerprint density at radius 1 is 1.35 bits per heavy atom. The number of nitriles is 1. The van der Waals surface area contributed by atoms with Crippen LogP contribution >= 0.6 is 0 Å². The van der Waals surface area contributed by atoms with Gasteiger partial charge in [0, 0.05) is 11.3 Å². The number of aliphatic hydroxyl groups is 1. The van der Waals surface area contributed by atoms with Gasteiger partial charge >= 0.3 is 0 Å². The summed E-state index contributed by atoms with van der Waals surface area (Å²) in [6, 6.07) is 2.01. The highest BCUT2D eigenvalue weighted by molar-refractivity contribution is 5.51. The average molecular weight is 232 g/mol. The summed E-state index contributed by atoms with van der Waals surface area (Å²) in [5.41, 5.74) is 1.13. The van der Waals surface area contributed by atoms with E-state index in [4.69, 9.17) is 5.26 Å². The number of β-amino-alcohol motifs (C(OH)–C–C–N with tert-alkyl or cyclic N) is 1. The number of aryl methyl sites for hydroxylation is 2. The number of hydrogen-bond donors (Lipinski definition) is 1. The summed E-state index contributed by atoms with van der Waals surface area (Å²) in [4.78, 5) is 10.7. The van der Waals surface area contributed by atoms with Gasteiger partial charge in [0.15, 0.2) is 0 Å². The minimum absolute atomic E-state index is 0.172. The molecule has 1 aromatic heterocycles. The smallest absolute Gasteiger partial charge is 0.135 e. The maximum atomic E-state index is 9.96. The van der Waals surface area contributed by atoms with Crippen molar-refractivity contribution in [1.82, 2.24) is 9.97 Å². The van der Waals surface area contributed by atoms with Crippen LogP contribution in [-0.2, 0) is 0 Å². The largest absolute Gasteiger partial charge is 0.385 e. The molecule has 17 heavy (non-hydrogen) atoms. The first kappa shape index (κ1) is 11.8. The summed E-state index contributed by atoms with van der Waals surface area (Å²) in [7, 11) is 0. The summed E-state index contributed by atoms with van der Waals surface area (Å²) < 4.78 is 0. The number of rotatable bonds is 2. The van der Waals surface area contributed by atoms with Crippen LogP contribution in [0.15, 0.2) is 0 Å². The zero-order chi connectivity index (χ0) is 12.6. The van der Waals surface area contributed by atoms with Crippen molar-refractivity contribution >= 4 is 5.82 Å². The average Bonchev–Trinajstić information content (AvgIpc) is 2.20. The van der Waals surface area contributed by atoms with Crippen LogP contribution in [0.3, 0.4) is 0 Å². The van der Waals surface area contributed by atoms with Crippen LogP contribution in [-0.4, -0.2) is 33.8 Å². The summed E-state index contributed by atoms with van der Waals surface area (Å²) in [6.07, 6.45) is 0.172. The second-order valence-corrected chi connectivity index (χ2v) is 4.72. The normalized spacial score (nSPS) is 17.5. The second-order valence-electron chi connectivity index (χ2n) is 4.72. The molecule has 90 valence electrons. The zero-order valence-electron chi connectivity index (χ0n) is 10.4. The summed E-state index contributed by atoms with van der Waals surface area (Å²) in [5, 5.41) is 18.6. The molecule has 5 nitrogen and oxygen atoms in total. The molecule has 5 heteroatoms. The van der Waals surface area contributed by atoms with Gasteiger partial charge in [0.1, 0.15) is 17.2 Å². The molecule has 1 saturated heterocycles. The highest BCUT2D eigenvalue weighted by Gasteiger charge is 2.42. The predicted octanol–water partition coefficient (Wildman–Crippen LogP) is 0.867. The molecule has 0 amide bonds. The lowest BCUT2D eigenvalue weighted by atomic mass is 9.91. The fourth-order valence-electron chi connectivity index (χ4n) is 2.13. The van der Waals surface area contributed by atoms with E-state index in [9.17, 15) is 5.11 Å². The van der Waals surface area contributed by atoms with E-state index in [-0.39, 0.29) is 6.42 Å². The molecular formula is C12H16N4O. The Hall–Kier alpha value is -1.67. The fourth-order valence-corrected chi connectivity index (χ4v) is 2.13. The topological polar surface area (TPSA) is 73.0 Å². The van der Waals surface area contributed by atoms with Crippen LogP contribution in [0.2, 0.25) is 0 Å². The van der Waals surface area contributed by atoms with E-state index in [1.165, 1.54) is 0 Å². The molecule has 0 radical (unpaired) electrons. The molecule has 1 fully saturated rings. The first-order valence-electron chi connectivity index (χ1n) is 5.61. The SMILES string of the molecule is Cc1nc(C)c(C)c(N2CC(O)(CC#N)C2)n1. The molecule has 0 unspecified atom stereocenters. The van der Waals surface area contributed by atoms with E-state index < -0.39 is 5.60 Å². The van der Waals surface area contributed by atoms with Crippen LogP contribution in [0.5, 0.6) is 0 Å². The first-order chi connectivity index (χ1) is 7.95. The molecule has 0 atom stereocenters. The van der Waals surface area contributed by atoms with Crippen LogP contribution in [0.1, 0.15) is 23.5 Å². The molecule has 0 bridgehead atoms. The van der Waals surface area contributed by atoms with Crippen molar-refractivity contribution in [2.75, 3.05) is 18.0 Å². The lowest BCUT2D eigenvalue weighted by Gasteiger charge is -2.46. The van der Waals surface area contributed by atoms with Crippen molar-refractivity contribution in [1.29, 1.82) is 5.26 Å². The van der Waals surface area contributed by atoms with E-state index in [2.05, 4.69) is 9.97 Å². The van der Waals surface area contributed by atoms with Crippen molar-refractivity contribution in [3.8, 4) is 6.07 Å². The van der Waals surface area contributed by atoms with Gasteiger partial charge in [-0.15, -0.1) is 0 Å². The summed E-state index contributed by atoms with van der Waals surface area (Å²) in [6.45, 7) is 6.73. The molecule has 2 rings (SSSR count). The molecule has 0 spiro atoms. The number of nitrogens with zero attached hydrogens (tertiary/aromatic N) is 4. The molecule has 1 aliphatic rings. The molecular weight excluding hydrogens is 216 g/mol. The highest BCUT2D eigenvalue weighted by Crippen LogP contribution is 2.31. The zero-order valence-corrected chi connectivity index (χ0v) is 10.4. The second kappa shape index (κ2) is 3.97. The van der Waals surface area contributed by atoms with Gasteiger partial charge in [-0.3, -0.25) is 0 Å². The Labute approximate surface area is 101 Å². The maximum Gasteiger partial charge on any atom is 0.135 e. The third kappa shape index (κ3) is 2.08. The van der Waals surface area contributed by atoms with Gasteiger partial charge in [-0.25, -0.2) is 9.97 Å². The molecule has 2 heterocycles. The van der Waals surface area contributed by atoms with Crippen LogP contribution in [0.25, 0.3) is 0 Å².